The summed E-state index contributed by atoms with van der Waals surface area (Å²) in [6.45, 7) is 6.13. The Morgan fingerprint density at radius 3 is 2.74 bits per heavy atom. The first-order valence-electron chi connectivity index (χ1n) is 11.7. The van der Waals surface area contributed by atoms with Gasteiger partial charge in [0.2, 0.25) is 5.91 Å². The topological polar surface area (TPSA) is 138 Å². The van der Waals surface area contributed by atoms with Gasteiger partial charge in [0.1, 0.15) is 6.54 Å². The smallest absolute Gasteiger partial charge is 0.407 e. The molecule has 2 saturated heterocycles. The maximum atomic E-state index is 13.1. The van der Waals surface area contributed by atoms with Gasteiger partial charge in [-0.05, 0) is 19.8 Å². The molecule has 0 saturated carbocycles. The molecule has 196 valence electrons. The fraction of sp³-hybridized carbons (Fsp3) is 0.714. The van der Waals surface area contributed by atoms with E-state index in [1.165, 1.54) is 19.9 Å². The number of carbonyl (C=O) groups excluding carboxylic acids is 3. The van der Waals surface area contributed by atoms with Gasteiger partial charge in [0.05, 0.1) is 36.9 Å². The third-order valence-corrected chi connectivity index (χ3v) is 8.97. The number of nitrogens with zero attached hydrogens (tertiary/aromatic N) is 4. The lowest BCUT2D eigenvalue weighted by molar-refractivity contribution is -0.141. The first-order chi connectivity index (χ1) is 16.6. The van der Waals surface area contributed by atoms with Crippen LogP contribution in [-0.4, -0.2) is 92.0 Å². The van der Waals surface area contributed by atoms with Crippen LogP contribution >= 0.6 is 11.3 Å². The Morgan fingerprint density at radius 2 is 2.06 bits per heavy atom. The van der Waals surface area contributed by atoms with Gasteiger partial charge in [-0.1, -0.05) is 13.8 Å². The van der Waals surface area contributed by atoms with Gasteiger partial charge in [-0.3, -0.25) is 14.5 Å². The number of carbonyl (C=O) groups is 3. The summed E-state index contributed by atoms with van der Waals surface area (Å²) in [7, 11) is -2.09. The highest BCUT2D eigenvalue weighted by Crippen LogP contribution is 2.41. The van der Waals surface area contributed by atoms with Crippen LogP contribution in [0.25, 0.3) is 0 Å². The van der Waals surface area contributed by atoms with Crippen LogP contribution in [0.5, 0.6) is 0 Å². The number of fused-ring (bicyclic) bond motifs is 1. The molecule has 2 fully saturated rings. The van der Waals surface area contributed by atoms with Crippen molar-refractivity contribution in [1.29, 1.82) is 0 Å². The van der Waals surface area contributed by atoms with Crippen LogP contribution in [0.15, 0.2) is 5.38 Å². The van der Waals surface area contributed by atoms with Crippen molar-refractivity contribution in [2.75, 3.05) is 44.8 Å². The number of alkyl carbamates (subject to hydrolysis) is 1. The maximum Gasteiger partial charge on any atom is 0.407 e. The highest BCUT2D eigenvalue weighted by molar-refractivity contribution is 7.86. The van der Waals surface area contributed by atoms with E-state index < -0.39 is 34.2 Å². The van der Waals surface area contributed by atoms with Gasteiger partial charge in [-0.25, -0.2) is 9.78 Å². The summed E-state index contributed by atoms with van der Waals surface area (Å²) in [5.41, 5.74) is 0.650. The van der Waals surface area contributed by atoms with E-state index in [0.29, 0.717) is 43.2 Å². The molecule has 3 heterocycles. The molecule has 0 spiro atoms. The summed E-state index contributed by atoms with van der Waals surface area (Å²) in [4.78, 5) is 42.2. The molecule has 1 N–H and O–H groups in total. The fourth-order valence-electron chi connectivity index (χ4n) is 4.46. The second kappa shape index (κ2) is 11.6. The number of ether oxygens (including phenoxy) is 2. The lowest BCUT2D eigenvalue weighted by Crippen LogP contribution is -2.48. The average Bonchev–Trinajstić information content (AvgIpc) is 3.50. The molecule has 2 aliphatic heterocycles. The molecule has 0 aromatic carbocycles. The molecular formula is C21H33N5O7S2. The third kappa shape index (κ3) is 5.93. The molecule has 0 aliphatic carbocycles. The molecule has 2 amide bonds. The fourth-order valence-corrected chi connectivity index (χ4v) is 7.12. The summed E-state index contributed by atoms with van der Waals surface area (Å²) in [6.07, 6.45) is 0.840. The first-order valence-corrected chi connectivity index (χ1v) is 14.0. The number of aromatic nitrogens is 1. The van der Waals surface area contributed by atoms with Crippen molar-refractivity contribution in [2.24, 2.45) is 5.92 Å². The van der Waals surface area contributed by atoms with E-state index in [1.807, 2.05) is 6.92 Å². The van der Waals surface area contributed by atoms with Crippen molar-refractivity contribution in [2.45, 2.75) is 52.1 Å². The van der Waals surface area contributed by atoms with E-state index in [4.69, 9.17) is 9.47 Å². The Bertz CT molecular complexity index is 1030. The summed E-state index contributed by atoms with van der Waals surface area (Å²) in [6, 6.07) is -0.711. The first kappa shape index (κ1) is 27.3. The molecule has 3 atom stereocenters. The van der Waals surface area contributed by atoms with Gasteiger partial charge >= 0.3 is 12.1 Å². The Labute approximate surface area is 209 Å². The monoisotopic (exact) mass is 531 g/mol. The Morgan fingerprint density at radius 1 is 1.31 bits per heavy atom. The molecule has 0 unspecified atom stereocenters. The van der Waals surface area contributed by atoms with Crippen molar-refractivity contribution in [1.82, 2.24) is 18.9 Å². The lowest BCUT2D eigenvalue weighted by atomic mass is 10.0. The number of rotatable bonds is 11. The minimum atomic E-state index is -3.66. The van der Waals surface area contributed by atoms with Crippen molar-refractivity contribution in [3.63, 3.8) is 0 Å². The van der Waals surface area contributed by atoms with Crippen LogP contribution in [0.4, 0.5) is 9.93 Å². The summed E-state index contributed by atoms with van der Waals surface area (Å²) >= 11 is 1.30. The quantitative estimate of drug-likeness (QED) is 0.417. The second-order valence-electron chi connectivity index (χ2n) is 8.45. The number of anilines is 1. The van der Waals surface area contributed by atoms with E-state index in [1.54, 1.807) is 31.2 Å². The zero-order valence-corrected chi connectivity index (χ0v) is 22.1. The number of hydrogen-bond donors (Lipinski definition) is 1. The van der Waals surface area contributed by atoms with Gasteiger partial charge in [0.25, 0.3) is 10.2 Å². The lowest BCUT2D eigenvalue weighted by Gasteiger charge is -2.29. The van der Waals surface area contributed by atoms with Gasteiger partial charge in [-0.15, -0.1) is 11.3 Å². The van der Waals surface area contributed by atoms with E-state index in [-0.39, 0.29) is 31.7 Å². The molecule has 2 aliphatic rings. The third-order valence-electron chi connectivity index (χ3n) is 6.09. The van der Waals surface area contributed by atoms with Crippen LogP contribution in [-0.2, 0) is 35.7 Å². The molecule has 0 radical (unpaired) electrons. The minimum absolute atomic E-state index is 0.0457. The number of thiazole rings is 1. The number of nitrogens with one attached hydrogen (secondary N) is 1. The Hall–Kier alpha value is -2.29. The van der Waals surface area contributed by atoms with Crippen molar-refractivity contribution in [3.05, 3.63) is 11.1 Å². The van der Waals surface area contributed by atoms with E-state index >= 15 is 0 Å². The molecular weight excluding hydrogens is 498 g/mol. The van der Waals surface area contributed by atoms with Crippen LogP contribution in [0.1, 0.15) is 39.3 Å². The van der Waals surface area contributed by atoms with Gasteiger partial charge in [0.15, 0.2) is 5.13 Å². The minimum Gasteiger partial charge on any atom is -0.465 e. The van der Waals surface area contributed by atoms with Crippen molar-refractivity contribution < 1.29 is 32.3 Å². The zero-order chi connectivity index (χ0) is 25.8. The Balaban J connectivity index is 1.60. The van der Waals surface area contributed by atoms with Crippen molar-refractivity contribution >= 4 is 44.6 Å². The van der Waals surface area contributed by atoms with E-state index in [0.717, 1.165) is 0 Å². The molecule has 35 heavy (non-hydrogen) atoms. The van der Waals surface area contributed by atoms with Crippen LogP contribution in [0.2, 0.25) is 0 Å². The number of esters is 1. The largest absolute Gasteiger partial charge is 0.465 e. The second-order valence-corrected chi connectivity index (χ2v) is 11.3. The summed E-state index contributed by atoms with van der Waals surface area (Å²) in [5.74, 6) is -1.17. The summed E-state index contributed by atoms with van der Waals surface area (Å²) < 4.78 is 38.8. The SMILES string of the molecule is CCCN(C)S(=O)(=O)N1CC[C@H]2[C@H]1[C@H](C)C(=O)N2c1nc(CCOC(=O)NCC(=O)OCC)cs1. The van der Waals surface area contributed by atoms with Crippen molar-refractivity contribution in [3.8, 4) is 0 Å². The molecule has 1 aromatic heterocycles. The molecule has 0 bridgehead atoms. The summed E-state index contributed by atoms with van der Waals surface area (Å²) in [5, 5.41) is 4.61. The van der Waals surface area contributed by atoms with Gasteiger partial charge in [-0.2, -0.15) is 17.0 Å². The predicted molar refractivity (Wildman–Crippen MR) is 129 cm³/mol. The maximum absolute atomic E-state index is 13.1. The van der Waals surface area contributed by atoms with Gasteiger partial charge < -0.3 is 14.8 Å². The highest BCUT2D eigenvalue weighted by atomic mass is 32.2. The zero-order valence-electron chi connectivity index (χ0n) is 20.4. The normalized spacial score (nSPS) is 22.5. The molecule has 1 aromatic rings. The van der Waals surface area contributed by atoms with Crippen LogP contribution in [0, 0.1) is 5.92 Å². The molecule has 14 heteroatoms. The molecule has 12 nitrogen and oxygen atoms in total. The Kier molecular flexibility index (Phi) is 9.07. The molecule has 3 rings (SSSR count). The standard InChI is InChI=1S/C21H33N5O7S2/c1-5-9-24(4)35(30,31)25-10-7-16-18(25)14(3)19(28)26(16)20-23-15(13-34-20)8-11-33-21(29)22-12-17(27)32-6-2/h13-14,16,18H,5-12H2,1-4H3,(H,22,29)/t14-,16-,18+/m0/s1. The predicted octanol–water partition coefficient (Wildman–Crippen LogP) is 0.987. The average molecular weight is 532 g/mol. The number of hydrogen-bond acceptors (Lipinski definition) is 9. The van der Waals surface area contributed by atoms with E-state index in [2.05, 4.69) is 10.3 Å². The number of amides is 2. The van der Waals surface area contributed by atoms with Gasteiger partial charge in [0, 0.05) is 31.9 Å². The highest BCUT2D eigenvalue weighted by Gasteiger charge is 2.56. The van der Waals surface area contributed by atoms with Crippen LogP contribution in [0.3, 0.4) is 0 Å². The van der Waals surface area contributed by atoms with Crippen LogP contribution < -0.4 is 10.2 Å². The van der Waals surface area contributed by atoms with E-state index in [9.17, 15) is 22.8 Å².